The summed E-state index contributed by atoms with van der Waals surface area (Å²) in [6.07, 6.45) is 1.89. The molecule has 7 heteroatoms. The first-order valence-corrected chi connectivity index (χ1v) is 6.12. The fourth-order valence-electron chi connectivity index (χ4n) is 2.19. The molecule has 0 fully saturated rings. The van der Waals surface area contributed by atoms with Crippen molar-refractivity contribution in [2.24, 2.45) is 0 Å². The lowest BCUT2D eigenvalue weighted by Crippen LogP contribution is -2.18. The number of carboxylic acids is 1. The van der Waals surface area contributed by atoms with Crippen LogP contribution in [0.4, 0.5) is 4.39 Å². The zero-order valence-electron chi connectivity index (χ0n) is 10.7. The number of fused-ring (bicyclic) bond motifs is 1. The van der Waals surface area contributed by atoms with Crippen molar-refractivity contribution < 1.29 is 14.3 Å². The van der Waals surface area contributed by atoms with E-state index in [0.717, 1.165) is 6.07 Å². The Hall–Kier alpha value is -2.96. The summed E-state index contributed by atoms with van der Waals surface area (Å²) in [5.41, 5.74) is 1.05. The minimum Gasteiger partial charge on any atom is -0.478 e. The number of H-pyrrole nitrogens is 1. The highest BCUT2D eigenvalue weighted by Crippen LogP contribution is 2.16. The van der Waals surface area contributed by atoms with E-state index >= 15 is 0 Å². The van der Waals surface area contributed by atoms with Crippen LogP contribution < -0.4 is 5.69 Å². The predicted molar refractivity (Wildman–Crippen MR) is 72.0 cm³/mol. The molecular weight excluding hydrogens is 277 g/mol. The van der Waals surface area contributed by atoms with Crippen LogP contribution in [0.3, 0.4) is 0 Å². The number of hydrogen-bond donors (Lipinski definition) is 2. The topological polar surface area (TPSA) is 87.5 Å². The molecule has 2 N–H and O–H groups in total. The maximum atomic E-state index is 13.4. The van der Waals surface area contributed by atoms with E-state index in [-0.39, 0.29) is 17.7 Å². The normalized spacial score (nSPS) is 10.9. The Balaban J connectivity index is 2.05. The van der Waals surface area contributed by atoms with Gasteiger partial charge < -0.3 is 5.11 Å². The molecular formula is C14H10FN3O3. The number of hydrogen-bond acceptors (Lipinski definition) is 3. The number of halogens is 1. The SMILES string of the molecule is O=C(O)c1cc(Cc2n[nH]c(=O)n3cccc23)ccc1F. The fourth-order valence-corrected chi connectivity index (χ4v) is 2.19. The highest BCUT2D eigenvalue weighted by molar-refractivity contribution is 5.88. The summed E-state index contributed by atoms with van der Waals surface area (Å²) < 4.78 is 14.8. The Labute approximate surface area is 117 Å². The largest absolute Gasteiger partial charge is 0.478 e. The molecule has 0 atom stereocenters. The number of nitrogens with one attached hydrogen (secondary N) is 1. The number of benzene rings is 1. The van der Waals surface area contributed by atoms with Gasteiger partial charge in [0.25, 0.3) is 0 Å². The molecule has 0 bridgehead atoms. The van der Waals surface area contributed by atoms with E-state index < -0.39 is 11.8 Å². The molecule has 0 aliphatic heterocycles. The smallest absolute Gasteiger partial charge is 0.346 e. The van der Waals surface area contributed by atoms with Crippen LogP contribution in [0.1, 0.15) is 21.6 Å². The zero-order valence-corrected chi connectivity index (χ0v) is 10.7. The van der Waals surface area contributed by atoms with Crippen LogP contribution in [-0.2, 0) is 6.42 Å². The summed E-state index contributed by atoms with van der Waals surface area (Å²) in [5.74, 6) is -2.11. The van der Waals surface area contributed by atoms with E-state index in [1.54, 1.807) is 18.3 Å². The van der Waals surface area contributed by atoms with Gasteiger partial charge in [0.1, 0.15) is 5.82 Å². The number of nitrogens with zero attached hydrogens (tertiary/aromatic N) is 2. The maximum absolute atomic E-state index is 13.4. The van der Waals surface area contributed by atoms with Crippen molar-refractivity contribution in [2.75, 3.05) is 0 Å². The molecule has 6 nitrogen and oxygen atoms in total. The Bertz CT molecular complexity index is 898. The van der Waals surface area contributed by atoms with Crippen molar-refractivity contribution in [3.63, 3.8) is 0 Å². The molecule has 0 aliphatic rings. The first kappa shape index (κ1) is 13.0. The number of rotatable bonds is 3. The molecule has 0 aliphatic carbocycles. The van der Waals surface area contributed by atoms with Gasteiger partial charge in [0.2, 0.25) is 0 Å². The van der Waals surface area contributed by atoms with Gasteiger partial charge in [-0.25, -0.2) is 19.1 Å². The van der Waals surface area contributed by atoms with Gasteiger partial charge in [-0.3, -0.25) is 4.40 Å². The summed E-state index contributed by atoms with van der Waals surface area (Å²) in [6.45, 7) is 0. The minimum atomic E-state index is -1.32. The third-order valence-electron chi connectivity index (χ3n) is 3.18. The lowest BCUT2D eigenvalue weighted by Gasteiger charge is -2.05. The van der Waals surface area contributed by atoms with E-state index in [1.165, 1.54) is 16.5 Å². The van der Waals surface area contributed by atoms with Gasteiger partial charge in [-0.2, -0.15) is 5.10 Å². The lowest BCUT2D eigenvalue weighted by atomic mass is 10.1. The number of aromatic carboxylic acids is 1. The third-order valence-corrected chi connectivity index (χ3v) is 3.18. The molecule has 0 amide bonds. The monoisotopic (exact) mass is 287 g/mol. The second-order valence-electron chi connectivity index (χ2n) is 4.54. The van der Waals surface area contributed by atoms with Crippen molar-refractivity contribution in [1.29, 1.82) is 0 Å². The van der Waals surface area contributed by atoms with Crippen molar-refractivity contribution in [3.05, 3.63) is 69.7 Å². The highest BCUT2D eigenvalue weighted by Gasteiger charge is 2.12. The van der Waals surface area contributed by atoms with Crippen molar-refractivity contribution >= 4 is 11.5 Å². The van der Waals surface area contributed by atoms with Crippen LogP contribution in [0.25, 0.3) is 5.52 Å². The Morgan fingerprint density at radius 3 is 2.95 bits per heavy atom. The molecule has 2 heterocycles. The molecule has 0 unspecified atom stereocenters. The van der Waals surface area contributed by atoms with Crippen LogP contribution in [0, 0.1) is 5.82 Å². The molecule has 1 aromatic carbocycles. The minimum absolute atomic E-state index is 0.283. The van der Waals surface area contributed by atoms with E-state index in [2.05, 4.69) is 10.2 Å². The summed E-state index contributed by atoms with van der Waals surface area (Å²) in [5, 5.41) is 15.3. The molecule has 0 saturated carbocycles. The van der Waals surface area contributed by atoms with Crippen molar-refractivity contribution in [2.45, 2.75) is 6.42 Å². The predicted octanol–water partition coefficient (Wildman–Crippen LogP) is 1.45. The fraction of sp³-hybridized carbons (Fsp3) is 0.0714. The van der Waals surface area contributed by atoms with Gasteiger partial charge in [-0.1, -0.05) is 6.07 Å². The van der Waals surface area contributed by atoms with Gasteiger partial charge >= 0.3 is 11.7 Å². The van der Waals surface area contributed by atoms with Crippen LogP contribution in [0.5, 0.6) is 0 Å². The number of aromatic amines is 1. The number of carboxylic acid groups (broad SMARTS) is 1. The van der Waals surface area contributed by atoms with Crippen LogP contribution in [0.15, 0.2) is 41.3 Å². The zero-order chi connectivity index (χ0) is 15.0. The third kappa shape index (κ3) is 2.29. The molecule has 3 aromatic rings. The molecule has 106 valence electrons. The van der Waals surface area contributed by atoms with Gasteiger partial charge in [-0.15, -0.1) is 0 Å². The Kier molecular flexibility index (Phi) is 3.02. The number of carbonyl (C=O) groups is 1. The molecule has 2 aromatic heterocycles. The van der Waals surface area contributed by atoms with E-state index in [1.807, 2.05) is 0 Å². The molecule has 3 rings (SSSR count). The van der Waals surface area contributed by atoms with E-state index in [9.17, 15) is 14.0 Å². The van der Waals surface area contributed by atoms with E-state index in [0.29, 0.717) is 16.8 Å². The quantitative estimate of drug-likeness (QED) is 0.763. The van der Waals surface area contributed by atoms with Crippen molar-refractivity contribution in [1.82, 2.24) is 14.6 Å². The number of aromatic nitrogens is 3. The second-order valence-corrected chi connectivity index (χ2v) is 4.54. The summed E-state index contributed by atoms with van der Waals surface area (Å²) in [6, 6.07) is 7.32. The summed E-state index contributed by atoms with van der Waals surface area (Å²) in [7, 11) is 0. The summed E-state index contributed by atoms with van der Waals surface area (Å²) in [4.78, 5) is 22.5. The lowest BCUT2D eigenvalue weighted by molar-refractivity contribution is 0.0691. The highest BCUT2D eigenvalue weighted by atomic mass is 19.1. The molecule has 0 radical (unpaired) electrons. The first-order chi connectivity index (χ1) is 10.1. The molecule has 0 spiro atoms. The van der Waals surface area contributed by atoms with Gasteiger partial charge in [0, 0.05) is 12.6 Å². The van der Waals surface area contributed by atoms with Crippen LogP contribution in [-0.4, -0.2) is 25.7 Å². The van der Waals surface area contributed by atoms with Crippen LogP contribution in [0.2, 0.25) is 0 Å². The Morgan fingerprint density at radius 1 is 1.38 bits per heavy atom. The van der Waals surface area contributed by atoms with Gasteiger partial charge in [0.15, 0.2) is 0 Å². The van der Waals surface area contributed by atoms with Crippen LogP contribution >= 0.6 is 0 Å². The first-order valence-electron chi connectivity index (χ1n) is 6.12. The van der Waals surface area contributed by atoms with Gasteiger partial charge in [0.05, 0.1) is 16.8 Å². The van der Waals surface area contributed by atoms with Gasteiger partial charge in [-0.05, 0) is 29.8 Å². The maximum Gasteiger partial charge on any atom is 0.346 e. The van der Waals surface area contributed by atoms with E-state index in [4.69, 9.17) is 5.11 Å². The summed E-state index contributed by atoms with van der Waals surface area (Å²) >= 11 is 0. The standard InChI is InChI=1S/C14H10FN3O3/c15-10-4-3-8(6-9(10)13(19)20)7-11-12-2-1-5-18(12)14(21)17-16-11/h1-6H,7H2,(H,17,21)(H,19,20). The second kappa shape index (κ2) is 4.86. The van der Waals surface area contributed by atoms with Crippen molar-refractivity contribution in [3.8, 4) is 0 Å². The average molecular weight is 287 g/mol. The molecule has 0 saturated heterocycles. The molecule has 21 heavy (non-hydrogen) atoms. The Morgan fingerprint density at radius 2 is 2.19 bits per heavy atom. The average Bonchev–Trinajstić information content (AvgIpc) is 2.94.